The number of benzene rings is 1. The van der Waals surface area contributed by atoms with Crippen LogP contribution in [0.4, 0.5) is 4.39 Å². The van der Waals surface area contributed by atoms with Crippen molar-refractivity contribution in [3.63, 3.8) is 0 Å². The first kappa shape index (κ1) is 19.2. The molecule has 1 aliphatic heterocycles. The Morgan fingerprint density at radius 2 is 2.24 bits per heavy atom. The van der Waals surface area contributed by atoms with Gasteiger partial charge in [0.2, 0.25) is 0 Å². The Morgan fingerprint density at radius 3 is 2.88 bits per heavy atom. The number of aliphatic imine (C=N–C) groups is 1. The Labute approximate surface area is 150 Å². The van der Waals surface area contributed by atoms with Crippen LogP contribution in [0.3, 0.4) is 0 Å². The second kappa shape index (κ2) is 10.0. The van der Waals surface area contributed by atoms with Gasteiger partial charge in [0.15, 0.2) is 5.96 Å². The van der Waals surface area contributed by atoms with Gasteiger partial charge in [-0.05, 0) is 31.9 Å². The molecule has 0 aromatic heterocycles. The second-order valence-electron chi connectivity index (χ2n) is 6.35. The van der Waals surface area contributed by atoms with Gasteiger partial charge in [-0.3, -0.25) is 9.89 Å². The summed E-state index contributed by atoms with van der Waals surface area (Å²) in [5.41, 5.74) is 0. The molecule has 6 heteroatoms. The van der Waals surface area contributed by atoms with E-state index in [1.165, 1.54) is 12.1 Å². The third-order valence-electron chi connectivity index (χ3n) is 4.23. The summed E-state index contributed by atoms with van der Waals surface area (Å²) in [7, 11) is 1.76. The van der Waals surface area contributed by atoms with Gasteiger partial charge < -0.3 is 15.4 Å². The summed E-state index contributed by atoms with van der Waals surface area (Å²) in [6.45, 7) is 9.42. The van der Waals surface area contributed by atoms with Crippen molar-refractivity contribution in [2.45, 2.75) is 31.9 Å². The van der Waals surface area contributed by atoms with Crippen molar-refractivity contribution in [3.05, 3.63) is 42.7 Å². The van der Waals surface area contributed by atoms with Gasteiger partial charge in [-0.2, -0.15) is 0 Å². The SMILES string of the molecule is C=CCN1CCC(NC(=NC)NCC(C)Oc2cccc(F)c2)CC1. The van der Waals surface area contributed by atoms with Gasteiger partial charge in [0, 0.05) is 38.8 Å². The third-order valence-corrected chi connectivity index (χ3v) is 4.23. The van der Waals surface area contributed by atoms with Gasteiger partial charge in [-0.25, -0.2) is 4.39 Å². The predicted octanol–water partition coefficient (Wildman–Crippen LogP) is 2.41. The number of likely N-dealkylation sites (tertiary alicyclic amines) is 1. The zero-order chi connectivity index (χ0) is 18.1. The number of ether oxygens (including phenoxy) is 1. The second-order valence-corrected chi connectivity index (χ2v) is 6.35. The van der Waals surface area contributed by atoms with E-state index < -0.39 is 0 Å². The summed E-state index contributed by atoms with van der Waals surface area (Å²) in [4.78, 5) is 6.68. The number of nitrogens with zero attached hydrogens (tertiary/aromatic N) is 2. The molecular formula is C19H29FN4O. The first-order valence-electron chi connectivity index (χ1n) is 8.83. The first-order chi connectivity index (χ1) is 12.1. The monoisotopic (exact) mass is 348 g/mol. The van der Waals surface area contributed by atoms with Crippen LogP contribution < -0.4 is 15.4 Å². The zero-order valence-electron chi connectivity index (χ0n) is 15.2. The highest BCUT2D eigenvalue weighted by molar-refractivity contribution is 5.80. The summed E-state index contributed by atoms with van der Waals surface area (Å²) in [6.07, 6.45) is 4.02. The van der Waals surface area contributed by atoms with Crippen LogP contribution in [0.15, 0.2) is 41.9 Å². The van der Waals surface area contributed by atoms with Crippen LogP contribution in [0.1, 0.15) is 19.8 Å². The first-order valence-corrected chi connectivity index (χ1v) is 8.83. The molecule has 1 aromatic carbocycles. The number of hydrogen-bond donors (Lipinski definition) is 2. The molecule has 1 saturated heterocycles. The minimum absolute atomic E-state index is 0.102. The van der Waals surface area contributed by atoms with Crippen LogP contribution in [0.25, 0.3) is 0 Å². The molecule has 25 heavy (non-hydrogen) atoms. The van der Waals surface area contributed by atoms with Crippen LogP contribution in [0.2, 0.25) is 0 Å². The Bertz CT molecular complexity index is 570. The molecule has 5 nitrogen and oxygen atoms in total. The molecule has 0 aliphatic carbocycles. The summed E-state index contributed by atoms with van der Waals surface area (Å²) < 4.78 is 18.9. The summed E-state index contributed by atoms with van der Waals surface area (Å²) >= 11 is 0. The lowest BCUT2D eigenvalue weighted by atomic mass is 10.1. The van der Waals surface area contributed by atoms with Crippen molar-refractivity contribution in [2.24, 2.45) is 4.99 Å². The van der Waals surface area contributed by atoms with E-state index in [-0.39, 0.29) is 11.9 Å². The molecular weight excluding hydrogens is 319 g/mol. The fourth-order valence-corrected chi connectivity index (χ4v) is 2.89. The Morgan fingerprint density at radius 1 is 1.48 bits per heavy atom. The maximum absolute atomic E-state index is 13.2. The van der Waals surface area contributed by atoms with Gasteiger partial charge >= 0.3 is 0 Å². The summed E-state index contributed by atoms with van der Waals surface area (Å²) in [5.74, 6) is 1.02. The minimum atomic E-state index is -0.294. The van der Waals surface area contributed by atoms with E-state index in [2.05, 4.69) is 27.1 Å². The molecule has 1 aliphatic rings. The van der Waals surface area contributed by atoms with Crippen LogP contribution >= 0.6 is 0 Å². The quantitative estimate of drug-likeness (QED) is 0.451. The normalized spacial score (nSPS) is 17.8. The van der Waals surface area contributed by atoms with E-state index >= 15 is 0 Å². The topological polar surface area (TPSA) is 48.9 Å². The Hall–Kier alpha value is -2.08. The van der Waals surface area contributed by atoms with Crippen molar-refractivity contribution >= 4 is 5.96 Å². The molecule has 1 unspecified atom stereocenters. The van der Waals surface area contributed by atoms with Crippen molar-refractivity contribution in [3.8, 4) is 5.75 Å². The third kappa shape index (κ3) is 6.74. The van der Waals surface area contributed by atoms with Crippen LogP contribution in [-0.4, -0.2) is 56.2 Å². The van der Waals surface area contributed by atoms with Gasteiger partial charge in [-0.1, -0.05) is 12.1 Å². The van der Waals surface area contributed by atoms with E-state index in [0.717, 1.165) is 38.4 Å². The Balaban J connectivity index is 1.72. The van der Waals surface area contributed by atoms with Crippen LogP contribution in [0.5, 0.6) is 5.75 Å². The minimum Gasteiger partial charge on any atom is -0.489 e. The highest BCUT2D eigenvalue weighted by Crippen LogP contribution is 2.13. The van der Waals surface area contributed by atoms with E-state index in [1.54, 1.807) is 19.2 Å². The largest absolute Gasteiger partial charge is 0.489 e. The van der Waals surface area contributed by atoms with Gasteiger partial charge in [0.05, 0.1) is 6.54 Å². The lowest BCUT2D eigenvalue weighted by Crippen LogP contribution is -2.50. The van der Waals surface area contributed by atoms with Gasteiger partial charge in [0.25, 0.3) is 0 Å². The number of rotatable bonds is 7. The van der Waals surface area contributed by atoms with E-state index in [0.29, 0.717) is 18.3 Å². The Kier molecular flexibility index (Phi) is 7.73. The average molecular weight is 348 g/mol. The van der Waals surface area contributed by atoms with Crippen molar-refractivity contribution < 1.29 is 9.13 Å². The molecule has 0 amide bonds. The number of guanidine groups is 1. The molecule has 1 fully saturated rings. The highest BCUT2D eigenvalue weighted by atomic mass is 19.1. The number of hydrogen-bond acceptors (Lipinski definition) is 3. The number of halogens is 1. The summed E-state index contributed by atoms with van der Waals surface area (Å²) in [5, 5.41) is 6.75. The fraction of sp³-hybridized carbons (Fsp3) is 0.526. The molecule has 1 aromatic rings. The molecule has 1 atom stereocenters. The van der Waals surface area contributed by atoms with E-state index in [1.807, 2.05) is 13.0 Å². The molecule has 0 radical (unpaired) electrons. The lowest BCUT2D eigenvalue weighted by molar-refractivity contribution is 0.218. The van der Waals surface area contributed by atoms with E-state index in [4.69, 9.17) is 4.74 Å². The standard InChI is InChI=1S/C19H29FN4O/c1-4-10-24-11-8-17(9-12-24)23-19(21-3)22-14-15(2)25-18-7-5-6-16(20)13-18/h4-7,13,15,17H,1,8-12,14H2,2-3H3,(H2,21,22,23). The van der Waals surface area contributed by atoms with Crippen molar-refractivity contribution in [1.82, 2.24) is 15.5 Å². The smallest absolute Gasteiger partial charge is 0.191 e. The van der Waals surface area contributed by atoms with E-state index in [9.17, 15) is 4.39 Å². The fourth-order valence-electron chi connectivity index (χ4n) is 2.89. The zero-order valence-corrected chi connectivity index (χ0v) is 15.2. The molecule has 0 spiro atoms. The summed E-state index contributed by atoms with van der Waals surface area (Å²) in [6, 6.07) is 6.61. The van der Waals surface area contributed by atoms with Crippen molar-refractivity contribution in [1.29, 1.82) is 0 Å². The van der Waals surface area contributed by atoms with Gasteiger partial charge in [0.1, 0.15) is 17.7 Å². The number of nitrogens with one attached hydrogen (secondary N) is 2. The molecule has 0 saturated carbocycles. The maximum atomic E-state index is 13.2. The highest BCUT2D eigenvalue weighted by Gasteiger charge is 2.19. The molecule has 2 N–H and O–H groups in total. The maximum Gasteiger partial charge on any atom is 0.191 e. The van der Waals surface area contributed by atoms with Gasteiger partial charge in [-0.15, -0.1) is 6.58 Å². The van der Waals surface area contributed by atoms with Crippen LogP contribution in [0, 0.1) is 5.82 Å². The molecule has 1 heterocycles. The molecule has 138 valence electrons. The predicted molar refractivity (Wildman–Crippen MR) is 101 cm³/mol. The lowest BCUT2D eigenvalue weighted by Gasteiger charge is -2.32. The molecule has 2 rings (SSSR count). The molecule has 0 bridgehead atoms. The van der Waals surface area contributed by atoms with Crippen molar-refractivity contribution in [2.75, 3.05) is 33.2 Å². The van der Waals surface area contributed by atoms with Crippen LogP contribution in [-0.2, 0) is 0 Å². The average Bonchev–Trinajstić information content (AvgIpc) is 2.60. The number of piperidine rings is 1.